The summed E-state index contributed by atoms with van der Waals surface area (Å²) in [6.07, 6.45) is 4.62. The summed E-state index contributed by atoms with van der Waals surface area (Å²) >= 11 is 0. The Labute approximate surface area is 116 Å². The third-order valence-corrected chi connectivity index (χ3v) is 3.08. The van der Waals surface area contributed by atoms with Crippen LogP contribution in [-0.4, -0.2) is 45.0 Å². The molecule has 19 heavy (non-hydrogen) atoms. The number of guanidine groups is 1. The Bertz CT molecular complexity index is 251. The normalized spacial score (nSPS) is 20.2. The van der Waals surface area contributed by atoms with Crippen molar-refractivity contribution < 1.29 is 9.47 Å². The molecule has 1 atom stereocenters. The Balaban J connectivity index is 1.90. The van der Waals surface area contributed by atoms with Crippen molar-refractivity contribution >= 4 is 5.96 Å². The number of hydrogen-bond acceptors (Lipinski definition) is 3. The molecule has 5 heteroatoms. The maximum atomic E-state index is 5.75. The maximum absolute atomic E-state index is 5.75. The lowest BCUT2D eigenvalue weighted by Gasteiger charge is -2.09. The summed E-state index contributed by atoms with van der Waals surface area (Å²) in [5.41, 5.74) is 5.75. The molecule has 0 aromatic heterocycles. The summed E-state index contributed by atoms with van der Waals surface area (Å²) in [5, 5.41) is 3.12. The van der Waals surface area contributed by atoms with Crippen molar-refractivity contribution in [2.75, 3.05) is 32.9 Å². The second kappa shape index (κ2) is 10.0. The zero-order valence-electron chi connectivity index (χ0n) is 12.4. The molecule has 5 nitrogen and oxygen atoms in total. The van der Waals surface area contributed by atoms with Crippen LogP contribution in [0.2, 0.25) is 0 Å². The first-order valence-electron chi connectivity index (χ1n) is 7.41. The molecule has 1 unspecified atom stereocenters. The van der Waals surface area contributed by atoms with Gasteiger partial charge in [0.15, 0.2) is 5.96 Å². The van der Waals surface area contributed by atoms with Gasteiger partial charge in [-0.25, -0.2) is 0 Å². The lowest BCUT2D eigenvalue weighted by molar-refractivity contribution is 0.0171. The van der Waals surface area contributed by atoms with Crippen LogP contribution in [0.15, 0.2) is 4.99 Å². The summed E-state index contributed by atoms with van der Waals surface area (Å²) in [6.45, 7) is 8.32. The summed E-state index contributed by atoms with van der Waals surface area (Å²) in [7, 11) is 0. The van der Waals surface area contributed by atoms with E-state index < -0.39 is 0 Å². The number of nitrogens with two attached hydrogens (primary N) is 1. The highest BCUT2D eigenvalue weighted by atomic mass is 16.5. The highest BCUT2D eigenvalue weighted by molar-refractivity contribution is 5.77. The van der Waals surface area contributed by atoms with Crippen molar-refractivity contribution in [3.05, 3.63) is 0 Å². The van der Waals surface area contributed by atoms with Crippen LogP contribution in [0.25, 0.3) is 0 Å². The zero-order valence-corrected chi connectivity index (χ0v) is 12.4. The number of aliphatic imine (C=N–C) groups is 1. The first kappa shape index (κ1) is 16.2. The van der Waals surface area contributed by atoms with Gasteiger partial charge in [-0.3, -0.25) is 4.99 Å². The standard InChI is InChI=1S/C14H29N3O2/c1-12(2)6-8-17-14(15)16-7-4-9-18-11-13-5-3-10-19-13/h12-13H,3-11H2,1-2H3,(H3,15,16,17). The molecule has 0 aliphatic carbocycles. The van der Waals surface area contributed by atoms with E-state index in [4.69, 9.17) is 15.2 Å². The molecule has 1 aliphatic rings. The topological polar surface area (TPSA) is 68.9 Å². The van der Waals surface area contributed by atoms with E-state index in [1.807, 2.05) is 0 Å². The Kier molecular flexibility index (Phi) is 8.58. The SMILES string of the molecule is CC(C)CCNC(N)=NCCCOCC1CCCO1. The van der Waals surface area contributed by atoms with Crippen molar-refractivity contribution in [3.8, 4) is 0 Å². The molecule has 0 amide bonds. The van der Waals surface area contributed by atoms with E-state index in [2.05, 4.69) is 24.2 Å². The number of nitrogens with one attached hydrogen (secondary N) is 1. The molecule has 1 aliphatic heterocycles. The average Bonchev–Trinajstić information content (AvgIpc) is 2.86. The summed E-state index contributed by atoms with van der Waals surface area (Å²) in [4.78, 5) is 4.26. The first-order valence-corrected chi connectivity index (χ1v) is 7.41. The molecule has 1 heterocycles. The number of nitrogens with zero attached hydrogens (tertiary/aromatic N) is 1. The van der Waals surface area contributed by atoms with Gasteiger partial charge in [0.2, 0.25) is 0 Å². The quantitative estimate of drug-likeness (QED) is 0.379. The predicted octanol–water partition coefficient (Wildman–Crippen LogP) is 1.52. The van der Waals surface area contributed by atoms with Crippen LogP contribution in [0, 0.1) is 5.92 Å². The highest BCUT2D eigenvalue weighted by Crippen LogP contribution is 2.11. The third-order valence-electron chi connectivity index (χ3n) is 3.08. The zero-order chi connectivity index (χ0) is 13.9. The molecule has 1 fully saturated rings. The molecule has 1 saturated heterocycles. The molecule has 0 aromatic carbocycles. The fourth-order valence-electron chi connectivity index (χ4n) is 1.90. The molecule has 0 aromatic rings. The molecule has 0 bridgehead atoms. The number of rotatable bonds is 9. The summed E-state index contributed by atoms with van der Waals surface area (Å²) < 4.78 is 11.0. The van der Waals surface area contributed by atoms with Gasteiger partial charge >= 0.3 is 0 Å². The van der Waals surface area contributed by atoms with Crippen LogP contribution in [0.4, 0.5) is 0 Å². The molecule has 0 radical (unpaired) electrons. The molecule has 3 N–H and O–H groups in total. The van der Waals surface area contributed by atoms with Crippen LogP contribution in [0.5, 0.6) is 0 Å². The van der Waals surface area contributed by atoms with Crippen molar-refractivity contribution in [2.45, 2.75) is 45.6 Å². The van der Waals surface area contributed by atoms with Crippen LogP contribution in [0.3, 0.4) is 0 Å². The van der Waals surface area contributed by atoms with Crippen LogP contribution >= 0.6 is 0 Å². The Morgan fingerprint density at radius 3 is 3.05 bits per heavy atom. The number of hydrogen-bond donors (Lipinski definition) is 2. The smallest absolute Gasteiger partial charge is 0.188 e. The monoisotopic (exact) mass is 271 g/mol. The Hall–Kier alpha value is -0.810. The van der Waals surface area contributed by atoms with Crippen molar-refractivity contribution in [3.63, 3.8) is 0 Å². The van der Waals surface area contributed by atoms with Crippen LogP contribution in [0.1, 0.15) is 39.5 Å². The summed E-state index contributed by atoms with van der Waals surface area (Å²) in [6, 6.07) is 0. The largest absolute Gasteiger partial charge is 0.379 e. The van der Waals surface area contributed by atoms with E-state index in [-0.39, 0.29) is 0 Å². The van der Waals surface area contributed by atoms with Crippen LogP contribution < -0.4 is 11.1 Å². The lowest BCUT2D eigenvalue weighted by atomic mass is 10.1. The van der Waals surface area contributed by atoms with Gasteiger partial charge in [0, 0.05) is 26.3 Å². The third kappa shape index (κ3) is 8.83. The highest BCUT2D eigenvalue weighted by Gasteiger charge is 2.14. The van der Waals surface area contributed by atoms with Crippen LogP contribution in [-0.2, 0) is 9.47 Å². The second-order valence-electron chi connectivity index (χ2n) is 5.44. The van der Waals surface area contributed by atoms with Gasteiger partial charge in [-0.1, -0.05) is 13.8 Å². The fourth-order valence-corrected chi connectivity index (χ4v) is 1.90. The van der Waals surface area contributed by atoms with Gasteiger partial charge in [0.25, 0.3) is 0 Å². The maximum Gasteiger partial charge on any atom is 0.188 e. The van der Waals surface area contributed by atoms with E-state index >= 15 is 0 Å². The molecular formula is C14H29N3O2. The van der Waals surface area contributed by atoms with Crippen molar-refractivity contribution in [1.29, 1.82) is 0 Å². The molecule has 0 saturated carbocycles. The van der Waals surface area contributed by atoms with Gasteiger partial charge < -0.3 is 20.5 Å². The molecular weight excluding hydrogens is 242 g/mol. The minimum absolute atomic E-state index is 0.311. The van der Waals surface area contributed by atoms with Gasteiger partial charge in [-0.15, -0.1) is 0 Å². The minimum atomic E-state index is 0.311. The predicted molar refractivity (Wildman–Crippen MR) is 78.4 cm³/mol. The molecule has 0 spiro atoms. The van der Waals surface area contributed by atoms with Gasteiger partial charge in [0.1, 0.15) is 0 Å². The van der Waals surface area contributed by atoms with Crippen molar-refractivity contribution in [1.82, 2.24) is 5.32 Å². The summed E-state index contributed by atoms with van der Waals surface area (Å²) in [5.74, 6) is 1.23. The van der Waals surface area contributed by atoms with Gasteiger partial charge in [-0.2, -0.15) is 0 Å². The minimum Gasteiger partial charge on any atom is -0.379 e. The fraction of sp³-hybridized carbons (Fsp3) is 0.929. The average molecular weight is 271 g/mol. The van der Waals surface area contributed by atoms with Crippen molar-refractivity contribution in [2.24, 2.45) is 16.6 Å². The van der Waals surface area contributed by atoms with Gasteiger partial charge in [-0.05, 0) is 31.6 Å². The van der Waals surface area contributed by atoms with E-state index in [0.29, 0.717) is 31.1 Å². The van der Waals surface area contributed by atoms with Gasteiger partial charge in [0.05, 0.1) is 12.7 Å². The molecule has 1 rings (SSSR count). The van der Waals surface area contributed by atoms with E-state index in [1.54, 1.807) is 0 Å². The van der Waals surface area contributed by atoms with E-state index in [1.165, 1.54) is 0 Å². The second-order valence-corrected chi connectivity index (χ2v) is 5.44. The van der Waals surface area contributed by atoms with E-state index in [9.17, 15) is 0 Å². The van der Waals surface area contributed by atoms with E-state index in [0.717, 1.165) is 45.4 Å². The number of ether oxygens (including phenoxy) is 2. The first-order chi connectivity index (χ1) is 9.18. The Morgan fingerprint density at radius 1 is 1.53 bits per heavy atom. The molecule has 112 valence electrons. The lowest BCUT2D eigenvalue weighted by Crippen LogP contribution is -2.33. The Morgan fingerprint density at radius 2 is 2.37 bits per heavy atom.